The number of aromatic amines is 1. The third kappa shape index (κ3) is 2.46. The van der Waals surface area contributed by atoms with Crippen LogP contribution in [0.5, 0.6) is 0 Å². The van der Waals surface area contributed by atoms with Crippen molar-refractivity contribution in [3.05, 3.63) is 28.8 Å². The minimum Gasteiger partial charge on any atom is -0.468 e. The first-order chi connectivity index (χ1) is 8.63. The van der Waals surface area contributed by atoms with E-state index in [2.05, 4.69) is 9.97 Å². The second-order valence-electron chi connectivity index (χ2n) is 4.42. The molecule has 2 rings (SSSR count). The molecule has 0 aliphatic rings. The second kappa shape index (κ2) is 5.35. The Hall–Kier alpha value is -1.62. The molecular formula is C13H16N2O2S. The quantitative estimate of drug-likeness (QED) is 0.863. The van der Waals surface area contributed by atoms with Gasteiger partial charge in [0.05, 0.1) is 12.8 Å². The summed E-state index contributed by atoms with van der Waals surface area (Å²) in [5, 5.41) is 2.78. The highest BCUT2D eigenvalue weighted by Crippen LogP contribution is 2.31. The van der Waals surface area contributed by atoms with Crippen LogP contribution in [-0.2, 0) is 9.53 Å². The molecule has 2 aromatic heterocycles. The smallest absolute Gasteiger partial charge is 0.315 e. The standard InChI is InChI=1S/C13H16N2O2S/c1-8(2)11(13(16)17-3)12-15-10(7-18-12)9-4-5-14-6-9/h4-8,11,14H,1-3H3. The van der Waals surface area contributed by atoms with Crippen LogP contribution in [0.1, 0.15) is 24.8 Å². The largest absolute Gasteiger partial charge is 0.468 e. The average Bonchev–Trinajstić information content (AvgIpc) is 2.98. The molecule has 0 radical (unpaired) electrons. The zero-order valence-electron chi connectivity index (χ0n) is 10.6. The predicted octanol–water partition coefficient (Wildman–Crippen LogP) is 3.05. The van der Waals surface area contributed by atoms with Crippen LogP contribution in [-0.4, -0.2) is 23.0 Å². The molecule has 0 bridgehead atoms. The Morgan fingerprint density at radius 1 is 1.50 bits per heavy atom. The van der Waals surface area contributed by atoms with Gasteiger partial charge in [-0.05, 0) is 12.0 Å². The Bertz CT molecular complexity index is 517. The maximum absolute atomic E-state index is 11.8. The highest BCUT2D eigenvalue weighted by atomic mass is 32.1. The zero-order chi connectivity index (χ0) is 13.1. The van der Waals surface area contributed by atoms with E-state index in [1.807, 2.05) is 37.7 Å². The molecule has 0 saturated heterocycles. The van der Waals surface area contributed by atoms with Gasteiger partial charge in [-0.3, -0.25) is 4.79 Å². The van der Waals surface area contributed by atoms with Gasteiger partial charge in [-0.1, -0.05) is 13.8 Å². The zero-order valence-corrected chi connectivity index (χ0v) is 11.5. The number of methoxy groups -OCH3 is 1. The minimum absolute atomic E-state index is 0.169. The van der Waals surface area contributed by atoms with Gasteiger partial charge < -0.3 is 9.72 Å². The summed E-state index contributed by atoms with van der Waals surface area (Å²) in [4.78, 5) is 19.3. The number of nitrogens with one attached hydrogen (secondary N) is 1. The summed E-state index contributed by atoms with van der Waals surface area (Å²) in [6.45, 7) is 4.00. The van der Waals surface area contributed by atoms with Gasteiger partial charge in [-0.2, -0.15) is 0 Å². The third-order valence-electron chi connectivity index (χ3n) is 2.80. The number of nitrogens with zero attached hydrogens (tertiary/aromatic N) is 1. The maximum atomic E-state index is 11.8. The SMILES string of the molecule is COC(=O)C(c1nc(-c2cc[nH]c2)cs1)C(C)C. The van der Waals surface area contributed by atoms with Crippen molar-refractivity contribution in [2.24, 2.45) is 5.92 Å². The van der Waals surface area contributed by atoms with Gasteiger partial charge in [-0.15, -0.1) is 11.3 Å². The van der Waals surface area contributed by atoms with Crippen molar-refractivity contribution in [3.63, 3.8) is 0 Å². The van der Waals surface area contributed by atoms with Crippen LogP contribution in [0.3, 0.4) is 0 Å². The van der Waals surface area contributed by atoms with Gasteiger partial charge >= 0.3 is 5.97 Å². The highest BCUT2D eigenvalue weighted by Gasteiger charge is 2.28. The van der Waals surface area contributed by atoms with E-state index in [9.17, 15) is 4.79 Å². The molecule has 96 valence electrons. The molecule has 0 aliphatic heterocycles. The number of carbonyl (C=O) groups is 1. The first-order valence-electron chi connectivity index (χ1n) is 5.80. The van der Waals surface area contributed by atoms with E-state index in [4.69, 9.17) is 4.74 Å². The molecule has 4 nitrogen and oxygen atoms in total. The molecular weight excluding hydrogens is 248 g/mol. The van der Waals surface area contributed by atoms with E-state index < -0.39 is 0 Å². The Morgan fingerprint density at radius 2 is 2.28 bits per heavy atom. The van der Waals surface area contributed by atoms with Gasteiger partial charge in [0, 0.05) is 23.3 Å². The molecule has 0 spiro atoms. The molecule has 0 aromatic carbocycles. The predicted molar refractivity (Wildman–Crippen MR) is 71.5 cm³/mol. The monoisotopic (exact) mass is 264 g/mol. The number of ether oxygens (including phenoxy) is 1. The molecule has 1 N–H and O–H groups in total. The lowest BCUT2D eigenvalue weighted by Gasteiger charge is -2.15. The Morgan fingerprint density at radius 3 is 2.83 bits per heavy atom. The van der Waals surface area contributed by atoms with E-state index in [1.54, 1.807) is 0 Å². The van der Waals surface area contributed by atoms with Crippen LogP contribution in [0, 0.1) is 5.92 Å². The number of esters is 1. The number of thiazole rings is 1. The number of aromatic nitrogens is 2. The molecule has 0 fully saturated rings. The fourth-order valence-electron chi connectivity index (χ4n) is 1.83. The Labute approximate surface area is 110 Å². The molecule has 1 atom stereocenters. The fourth-order valence-corrected chi connectivity index (χ4v) is 2.92. The van der Waals surface area contributed by atoms with E-state index in [-0.39, 0.29) is 17.8 Å². The van der Waals surface area contributed by atoms with E-state index in [1.165, 1.54) is 18.4 Å². The van der Waals surface area contributed by atoms with Crippen molar-refractivity contribution in [3.8, 4) is 11.3 Å². The van der Waals surface area contributed by atoms with Gasteiger partial charge in [0.15, 0.2) is 0 Å². The summed E-state index contributed by atoms with van der Waals surface area (Å²) in [7, 11) is 1.42. The lowest BCUT2D eigenvalue weighted by atomic mass is 9.97. The van der Waals surface area contributed by atoms with Crippen LogP contribution >= 0.6 is 11.3 Å². The van der Waals surface area contributed by atoms with Gasteiger partial charge in [-0.25, -0.2) is 4.98 Å². The van der Waals surface area contributed by atoms with Gasteiger partial charge in [0.1, 0.15) is 10.9 Å². The van der Waals surface area contributed by atoms with Crippen molar-refractivity contribution >= 4 is 17.3 Å². The average molecular weight is 264 g/mol. The summed E-state index contributed by atoms with van der Waals surface area (Å²) >= 11 is 1.50. The highest BCUT2D eigenvalue weighted by molar-refractivity contribution is 7.10. The molecule has 18 heavy (non-hydrogen) atoms. The topological polar surface area (TPSA) is 55.0 Å². The van der Waals surface area contributed by atoms with Crippen LogP contribution in [0.15, 0.2) is 23.8 Å². The summed E-state index contributed by atoms with van der Waals surface area (Å²) in [6.07, 6.45) is 3.75. The molecule has 5 heteroatoms. The number of carbonyl (C=O) groups excluding carboxylic acids is 1. The summed E-state index contributed by atoms with van der Waals surface area (Å²) in [5.41, 5.74) is 1.93. The van der Waals surface area contributed by atoms with Crippen LogP contribution in [0.25, 0.3) is 11.3 Å². The first-order valence-corrected chi connectivity index (χ1v) is 6.68. The molecule has 2 heterocycles. The van der Waals surface area contributed by atoms with E-state index in [0.717, 1.165) is 16.3 Å². The lowest BCUT2D eigenvalue weighted by molar-refractivity contribution is -0.143. The lowest BCUT2D eigenvalue weighted by Crippen LogP contribution is -2.19. The van der Waals surface area contributed by atoms with Crippen molar-refractivity contribution < 1.29 is 9.53 Å². The summed E-state index contributed by atoms with van der Waals surface area (Å²) in [6, 6.07) is 1.96. The van der Waals surface area contributed by atoms with Crippen LogP contribution in [0.2, 0.25) is 0 Å². The number of rotatable bonds is 4. The molecule has 0 amide bonds. The second-order valence-corrected chi connectivity index (χ2v) is 5.31. The van der Waals surface area contributed by atoms with E-state index in [0.29, 0.717) is 0 Å². The van der Waals surface area contributed by atoms with Crippen molar-refractivity contribution in [2.45, 2.75) is 19.8 Å². The fraction of sp³-hybridized carbons (Fsp3) is 0.385. The van der Waals surface area contributed by atoms with Crippen molar-refractivity contribution in [2.75, 3.05) is 7.11 Å². The normalized spacial score (nSPS) is 12.7. The summed E-state index contributed by atoms with van der Waals surface area (Å²) in [5.74, 6) is -0.338. The minimum atomic E-state index is -0.285. The molecule has 0 saturated carbocycles. The number of hydrogen-bond donors (Lipinski definition) is 1. The van der Waals surface area contributed by atoms with E-state index >= 15 is 0 Å². The first kappa shape index (κ1) is 12.8. The number of H-pyrrole nitrogens is 1. The maximum Gasteiger partial charge on any atom is 0.315 e. The Kier molecular flexibility index (Phi) is 3.81. The number of hydrogen-bond acceptors (Lipinski definition) is 4. The van der Waals surface area contributed by atoms with Crippen LogP contribution < -0.4 is 0 Å². The van der Waals surface area contributed by atoms with Crippen molar-refractivity contribution in [1.29, 1.82) is 0 Å². The third-order valence-corrected chi connectivity index (χ3v) is 3.73. The Balaban J connectivity index is 2.30. The van der Waals surface area contributed by atoms with Gasteiger partial charge in [0.2, 0.25) is 0 Å². The molecule has 2 aromatic rings. The van der Waals surface area contributed by atoms with Gasteiger partial charge in [0.25, 0.3) is 0 Å². The molecule has 1 unspecified atom stereocenters. The summed E-state index contributed by atoms with van der Waals surface area (Å²) < 4.78 is 4.85. The molecule has 0 aliphatic carbocycles. The van der Waals surface area contributed by atoms with Crippen molar-refractivity contribution in [1.82, 2.24) is 9.97 Å². The van der Waals surface area contributed by atoms with Crippen LogP contribution in [0.4, 0.5) is 0 Å².